The highest BCUT2D eigenvalue weighted by Gasteiger charge is 2.45. The Hall–Kier alpha value is -0.120. The van der Waals surface area contributed by atoms with Gasteiger partial charge in [0.1, 0.15) is 0 Å². The first-order valence-corrected chi connectivity index (χ1v) is 14.3. The molecule has 3 aliphatic carbocycles. The van der Waals surface area contributed by atoms with Crippen molar-refractivity contribution in [3.8, 4) is 0 Å². The van der Waals surface area contributed by atoms with Gasteiger partial charge in [0.05, 0.1) is 36.6 Å². The van der Waals surface area contributed by atoms with E-state index >= 15 is 0 Å². The molecule has 0 radical (unpaired) electrons. The molecule has 3 nitrogen and oxygen atoms in total. The normalized spacial score (nSPS) is 45.9. The number of hydrogen-bond acceptors (Lipinski definition) is 3. The first-order valence-electron chi connectivity index (χ1n) is 14.3. The van der Waals surface area contributed by atoms with Crippen LogP contribution >= 0.6 is 0 Å². The molecule has 9 unspecified atom stereocenters. The Balaban J connectivity index is 0.908. The molecular formula is C28H46O3. The lowest BCUT2D eigenvalue weighted by Crippen LogP contribution is -2.15. The van der Waals surface area contributed by atoms with Crippen LogP contribution in [0.5, 0.6) is 0 Å². The predicted molar refractivity (Wildman–Crippen MR) is 123 cm³/mol. The molecule has 3 aliphatic heterocycles. The number of hydrogen-bond donors (Lipinski definition) is 0. The van der Waals surface area contributed by atoms with Gasteiger partial charge in [0, 0.05) is 0 Å². The van der Waals surface area contributed by atoms with Crippen LogP contribution in [0.25, 0.3) is 0 Å². The van der Waals surface area contributed by atoms with Crippen molar-refractivity contribution >= 4 is 0 Å². The van der Waals surface area contributed by atoms with E-state index in [1.165, 1.54) is 116 Å². The zero-order valence-corrected chi connectivity index (χ0v) is 19.7. The van der Waals surface area contributed by atoms with Crippen LogP contribution in [0.2, 0.25) is 0 Å². The van der Waals surface area contributed by atoms with Crippen molar-refractivity contribution in [2.75, 3.05) is 0 Å². The Morgan fingerprint density at radius 2 is 0.806 bits per heavy atom. The average molecular weight is 431 g/mol. The highest BCUT2D eigenvalue weighted by Crippen LogP contribution is 2.44. The van der Waals surface area contributed by atoms with Crippen LogP contribution in [0.1, 0.15) is 116 Å². The maximum absolute atomic E-state index is 5.76. The minimum absolute atomic E-state index is 0.658. The SMILES string of the molecule is C(CC(CCCC1CCC2OC2C1)CCCC1CCC2OC2C1)CC1CCC2OC2C1. The fourth-order valence-corrected chi connectivity index (χ4v) is 7.77. The zero-order chi connectivity index (χ0) is 20.6. The third-order valence-electron chi connectivity index (χ3n) is 10.0. The van der Waals surface area contributed by atoms with Gasteiger partial charge < -0.3 is 14.2 Å². The third-order valence-corrected chi connectivity index (χ3v) is 10.0. The molecule has 6 rings (SSSR count). The van der Waals surface area contributed by atoms with Crippen LogP contribution in [0.4, 0.5) is 0 Å². The molecule has 3 heteroatoms. The maximum Gasteiger partial charge on any atom is 0.0844 e. The fraction of sp³-hybridized carbons (Fsp3) is 1.00. The summed E-state index contributed by atoms with van der Waals surface area (Å²) >= 11 is 0. The lowest BCUT2D eigenvalue weighted by Gasteiger charge is -2.24. The van der Waals surface area contributed by atoms with Crippen molar-refractivity contribution in [2.24, 2.45) is 23.7 Å². The Morgan fingerprint density at radius 1 is 0.452 bits per heavy atom. The van der Waals surface area contributed by atoms with Crippen molar-refractivity contribution < 1.29 is 14.2 Å². The van der Waals surface area contributed by atoms with Gasteiger partial charge in [0.2, 0.25) is 0 Å². The predicted octanol–water partition coefficient (Wildman–Crippen LogP) is 6.82. The van der Waals surface area contributed by atoms with Crippen LogP contribution < -0.4 is 0 Å². The van der Waals surface area contributed by atoms with E-state index in [9.17, 15) is 0 Å². The van der Waals surface area contributed by atoms with E-state index < -0.39 is 0 Å². The summed E-state index contributed by atoms with van der Waals surface area (Å²) in [7, 11) is 0. The average Bonchev–Trinajstić information content (AvgIpc) is 3.66. The molecule has 0 N–H and O–H groups in total. The molecule has 3 saturated heterocycles. The van der Waals surface area contributed by atoms with E-state index in [1.807, 2.05) is 0 Å². The van der Waals surface area contributed by atoms with Gasteiger partial charge in [0.15, 0.2) is 0 Å². The zero-order valence-electron chi connectivity index (χ0n) is 19.7. The molecule has 3 saturated carbocycles. The van der Waals surface area contributed by atoms with Gasteiger partial charge in [0.25, 0.3) is 0 Å². The first kappa shape index (κ1) is 21.4. The number of fused-ring (bicyclic) bond motifs is 3. The van der Waals surface area contributed by atoms with Gasteiger partial charge in [-0.3, -0.25) is 0 Å². The lowest BCUT2D eigenvalue weighted by atomic mass is 9.81. The summed E-state index contributed by atoms with van der Waals surface area (Å²) in [5.41, 5.74) is 0. The van der Waals surface area contributed by atoms with Gasteiger partial charge in [-0.05, 0) is 81.5 Å². The molecule has 9 atom stereocenters. The first-order chi connectivity index (χ1) is 15.3. The van der Waals surface area contributed by atoms with Crippen LogP contribution in [-0.4, -0.2) is 36.6 Å². The van der Waals surface area contributed by atoms with Crippen molar-refractivity contribution in [1.82, 2.24) is 0 Å². The Labute approximate surface area is 190 Å². The number of ether oxygens (including phenoxy) is 3. The molecule has 0 aromatic heterocycles. The molecule has 6 fully saturated rings. The topological polar surface area (TPSA) is 37.6 Å². The summed E-state index contributed by atoms with van der Waals surface area (Å²) in [6.07, 6.45) is 29.7. The third kappa shape index (κ3) is 5.87. The van der Waals surface area contributed by atoms with Crippen LogP contribution in [0, 0.1) is 23.7 Å². The minimum Gasteiger partial charge on any atom is -0.370 e. The summed E-state index contributed by atoms with van der Waals surface area (Å²) in [5.74, 6) is 3.88. The van der Waals surface area contributed by atoms with Gasteiger partial charge in [-0.15, -0.1) is 0 Å². The van der Waals surface area contributed by atoms with E-state index in [2.05, 4.69) is 0 Å². The van der Waals surface area contributed by atoms with Crippen molar-refractivity contribution in [1.29, 1.82) is 0 Å². The molecule has 0 amide bonds. The van der Waals surface area contributed by atoms with Crippen molar-refractivity contribution in [2.45, 2.75) is 152 Å². The highest BCUT2D eigenvalue weighted by molar-refractivity contribution is 4.93. The smallest absolute Gasteiger partial charge is 0.0844 e. The second-order valence-corrected chi connectivity index (χ2v) is 12.3. The second kappa shape index (κ2) is 9.63. The van der Waals surface area contributed by atoms with E-state index in [1.54, 1.807) is 0 Å². The minimum atomic E-state index is 0.658. The van der Waals surface area contributed by atoms with E-state index in [-0.39, 0.29) is 0 Å². The maximum atomic E-state index is 5.76. The summed E-state index contributed by atoms with van der Waals surface area (Å²) in [5, 5.41) is 0. The van der Waals surface area contributed by atoms with Crippen LogP contribution in [0.3, 0.4) is 0 Å². The van der Waals surface area contributed by atoms with Crippen LogP contribution in [0.15, 0.2) is 0 Å². The van der Waals surface area contributed by atoms with Gasteiger partial charge in [-0.1, -0.05) is 57.8 Å². The van der Waals surface area contributed by atoms with E-state index in [0.717, 1.165) is 23.7 Å². The van der Waals surface area contributed by atoms with E-state index in [4.69, 9.17) is 14.2 Å². The van der Waals surface area contributed by atoms with Crippen molar-refractivity contribution in [3.63, 3.8) is 0 Å². The van der Waals surface area contributed by atoms with Gasteiger partial charge in [-0.2, -0.15) is 0 Å². The van der Waals surface area contributed by atoms with Crippen LogP contribution in [-0.2, 0) is 14.2 Å². The van der Waals surface area contributed by atoms with Gasteiger partial charge >= 0.3 is 0 Å². The Morgan fingerprint density at radius 3 is 1.13 bits per heavy atom. The fourth-order valence-electron chi connectivity index (χ4n) is 7.77. The summed E-state index contributed by atoms with van der Waals surface area (Å²) in [6, 6.07) is 0. The van der Waals surface area contributed by atoms with Crippen molar-refractivity contribution in [3.05, 3.63) is 0 Å². The highest BCUT2D eigenvalue weighted by atomic mass is 16.6. The standard InChI is InChI=1S/C28H46O3/c1(7-20-10-13-23-26(16-20)29-23)4-19(5-2-8-21-11-14-24-27(17-21)30-24)6-3-9-22-12-15-25-28(18-22)31-25/h19-28H,1-18H2. The molecule has 0 aromatic carbocycles. The monoisotopic (exact) mass is 430 g/mol. The molecule has 3 heterocycles. The molecule has 0 bridgehead atoms. The number of epoxide rings is 3. The summed E-state index contributed by atoms with van der Waals surface area (Å²) in [6.45, 7) is 0. The quantitative estimate of drug-likeness (QED) is 0.319. The number of rotatable bonds is 12. The largest absolute Gasteiger partial charge is 0.370 e. The van der Waals surface area contributed by atoms with E-state index in [0.29, 0.717) is 36.6 Å². The molecule has 0 aromatic rings. The second-order valence-electron chi connectivity index (χ2n) is 12.3. The van der Waals surface area contributed by atoms with Gasteiger partial charge in [-0.25, -0.2) is 0 Å². The summed E-state index contributed by atoms with van der Waals surface area (Å²) in [4.78, 5) is 0. The molecule has 31 heavy (non-hydrogen) atoms. The molecule has 176 valence electrons. The molecule has 6 aliphatic rings. The Kier molecular flexibility index (Phi) is 6.65. The Bertz CT molecular complexity index is 512. The molecular weight excluding hydrogens is 384 g/mol. The lowest BCUT2D eigenvalue weighted by molar-refractivity contribution is 0.290. The molecule has 0 spiro atoms. The summed E-state index contributed by atoms with van der Waals surface area (Å²) < 4.78 is 17.3.